The van der Waals surface area contributed by atoms with Gasteiger partial charge in [-0.25, -0.2) is 13.4 Å². The average Bonchev–Trinajstić information content (AvgIpc) is 3.23. The summed E-state index contributed by atoms with van der Waals surface area (Å²) in [5.74, 6) is 0.977. The lowest BCUT2D eigenvalue weighted by Crippen LogP contribution is -2.36. The number of halogens is 1. The third-order valence-electron chi connectivity index (χ3n) is 3.72. The maximum Gasteiger partial charge on any atom is 0.244 e. The fourth-order valence-corrected chi connectivity index (χ4v) is 3.81. The van der Waals surface area contributed by atoms with Gasteiger partial charge in [-0.05, 0) is 38.7 Å². The Bertz CT molecular complexity index is 587. The summed E-state index contributed by atoms with van der Waals surface area (Å²) in [5, 5.41) is 3.30. The van der Waals surface area contributed by atoms with E-state index in [1.807, 2.05) is 13.8 Å². The van der Waals surface area contributed by atoms with E-state index >= 15 is 0 Å². The summed E-state index contributed by atoms with van der Waals surface area (Å²) in [4.78, 5) is 4.23. The van der Waals surface area contributed by atoms with Crippen LogP contribution in [0.2, 0.25) is 5.02 Å². The van der Waals surface area contributed by atoms with Crippen molar-refractivity contribution in [1.82, 2.24) is 9.29 Å². The third kappa shape index (κ3) is 3.07. The molecule has 20 heavy (non-hydrogen) atoms. The van der Waals surface area contributed by atoms with Crippen LogP contribution in [-0.2, 0) is 10.0 Å². The van der Waals surface area contributed by atoms with Crippen molar-refractivity contribution >= 4 is 27.4 Å². The van der Waals surface area contributed by atoms with Crippen molar-refractivity contribution in [2.24, 2.45) is 5.92 Å². The fourth-order valence-electron chi connectivity index (χ4n) is 2.12. The zero-order chi connectivity index (χ0) is 14.9. The summed E-state index contributed by atoms with van der Waals surface area (Å²) in [6.45, 7) is 4.54. The monoisotopic (exact) mass is 317 g/mol. The molecule has 1 heterocycles. The second-order valence-corrected chi connectivity index (χ2v) is 7.54. The lowest BCUT2D eigenvalue weighted by molar-refractivity contribution is 0.357. The van der Waals surface area contributed by atoms with Gasteiger partial charge in [0, 0.05) is 25.8 Å². The molecule has 2 rings (SSSR count). The largest absolute Gasteiger partial charge is 0.369 e. The van der Waals surface area contributed by atoms with E-state index in [0.29, 0.717) is 23.3 Å². The lowest BCUT2D eigenvalue weighted by Gasteiger charge is -2.24. The Labute approximate surface area is 125 Å². The molecule has 1 aliphatic rings. The van der Waals surface area contributed by atoms with E-state index in [2.05, 4.69) is 10.3 Å². The molecule has 1 aliphatic carbocycles. The molecular formula is C13H20ClN3O2S. The molecule has 1 saturated carbocycles. The van der Waals surface area contributed by atoms with Gasteiger partial charge in [-0.3, -0.25) is 0 Å². The normalized spacial score (nSPS) is 17.2. The summed E-state index contributed by atoms with van der Waals surface area (Å²) in [6, 6.07) is 1.46. The summed E-state index contributed by atoms with van der Waals surface area (Å²) in [7, 11) is -1.92. The number of hydrogen-bond acceptors (Lipinski definition) is 4. The lowest BCUT2D eigenvalue weighted by atomic mass is 10.2. The number of pyridine rings is 1. The molecule has 1 aromatic heterocycles. The molecule has 0 radical (unpaired) electrons. The van der Waals surface area contributed by atoms with Crippen LogP contribution in [0.5, 0.6) is 0 Å². The van der Waals surface area contributed by atoms with E-state index in [4.69, 9.17) is 11.6 Å². The Kier molecular flexibility index (Phi) is 4.56. The van der Waals surface area contributed by atoms with Crippen LogP contribution in [0.25, 0.3) is 0 Å². The van der Waals surface area contributed by atoms with E-state index in [1.54, 1.807) is 7.05 Å². The van der Waals surface area contributed by atoms with Gasteiger partial charge >= 0.3 is 0 Å². The highest BCUT2D eigenvalue weighted by atomic mass is 35.5. The van der Waals surface area contributed by atoms with Crippen LogP contribution in [0.3, 0.4) is 0 Å². The molecule has 0 spiro atoms. The fraction of sp³-hybridized carbons (Fsp3) is 0.615. The molecule has 1 aromatic rings. The molecule has 0 bridgehead atoms. The Morgan fingerprint density at radius 2 is 2.20 bits per heavy atom. The second kappa shape index (κ2) is 5.87. The van der Waals surface area contributed by atoms with Crippen LogP contribution >= 0.6 is 11.6 Å². The summed E-state index contributed by atoms with van der Waals surface area (Å²) >= 11 is 6.07. The molecule has 112 valence electrons. The molecule has 5 nitrogen and oxygen atoms in total. The molecule has 1 fully saturated rings. The minimum absolute atomic E-state index is 0.00668. The molecular weight excluding hydrogens is 298 g/mol. The van der Waals surface area contributed by atoms with Crippen molar-refractivity contribution in [2.75, 3.05) is 18.9 Å². The van der Waals surface area contributed by atoms with Crippen LogP contribution < -0.4 is 5.32 Å². The number of anilines is 1. The number of nitrogens with zero attached hydrogens (tertiary/aromatic N) is 2. The molecule has 0 amide bonds. The van der Waals surface area contributed by atoms with E-state index in [0.717, 1.165) is 12.8 Å². The highest BCUT2D eigenvalue weighted by Gasteiger charge is 2.36. The van der Waals surface area contributed by atoms with E-state index in [9.17, 15) is 8.42 Å². The zero-order valence-corrected chi connectivity index (χ0v) is 13.5. The van der Waals surface area contributed by atoms with Gasteiger partial charge in [0.15, 0.2) is 0 Å². The summed E-state index contributed by atoms with van der Waals surface area (Å²) in [5.41, 5.74) is 0. The Hall–Kier alpha value is -0.850. The predicted molar refractivity (Wildman–Crippen MR) is 80.5 cm³/mol. The van der Waals surface area contributed by atoms with Gasteiger partial charge in [0.1, 0.15) is 10.7 Å². The minimum atomic E-state index is -3.54. The summed E-state index contributed by atoms with van der Waals surface area (Å²) in [6.07, 6.45) is 3.55. The molecule has 0 aliphatic heterocycles. The van der Waals surface area contributed by atoms with Gasteiger partial charge in [-0.15, -0.1) is 0 Å². The second-order valence-electron chi connectivity index (χ2n) is 5.13. The number of sulfonamides is 1. The molecule has 1 unspecified atom stereocenters. The van der Waals surface area contributed by atoms with Gasteiger partial charge in [-0.1, -0.05) is 11.6 Å². The van der Waals surface area contributed by atoms with Crippen molar-refractivity contribution in [2.45, 2.75) is 37.6 Å². The third-order valence-corrected chi connectivity index (χ3v) is 5.91. The summed E-state index contributed by atoms with van der Waals surface area (Å²) < 4.78 is 26.5. The first-order valence-corrected chi connectivity index (χ1v) is 8.57. The SMILES string of the molecule is CCNc1ncc(S(=O)(=O)N(C)C(C)C2CC2)cc1Cl. The van der Waals surface area contributed by atoms with Crippen LogP contribution in [0, 0.1) is 5.92 Å². The van der Waals surface area contributed by atoms with Gasteiger partial charge in [0.2, 0.25) is 10.0 Å². The van der Waals surface area contributed by atoms with Crippen molar-refractivity contribution in [3.8, 4) is 0 Å². The van der Waals surface area contributed by atoms with Crippen LogP contribution in [0.4, 0.5) is 5.82 Å². The molecule has 0 saturated heterocycles. The first-order valence-electron chi connectivity index (χ1n) is 6.75. The van der Waals surface area contributed by atoms with Gasteiger partial charge in [0.05, 0.1) is 5.02 Å². The van der Waals surface area contributed by atoms with E-state index < -0.39 is 10.0 Å². The number of nitrogens with one attached hydrogen (secondary N) is 1. The van der Waals surface area contributed by atoms with Crippen molar-refractivity contribution in [3.63, 3.8) is 0 Å². The first-order chi connectivity index (χ1) is 9.37. The number of rotatable bonds is 6. The van der Waals surface area contributed by atoms with Crippen LogP contribution in [-0.4, -0.2) is 37.3 Å². The Morgan fingerprint density at radius 3 is 2.70 bits per heavy atom. The van der Waals surface area contributed by atoms with Gasteiger partial charge < -0.3 is 5.32 Å². The van der Waals surface area contributed by atoms with E-state index in [1.165, 1.54) is 16.6 Å². The molecule has 1 N–H and O–H groups in total. The zero-order valence-electron chi connectivity index (χ0n) is 11.9. The van der Waals surface area contributed by atoms with Gasteiger partial charge in [0.25, 0.3) is 0 Å². The minimum Gasteiger partial charge on any atom is -0.369 e. The first kappa shape index (κ1) is 15.5. The topological polar surface area (TPSA) is 62.3 Å². The molecule has 0 aromatic carbocycles. The quantitative estimate of drug-likeness (QED) is 0.876. The smallest absolute Gasteiger partial charge is 0.244 e. The maximum atomic E-state index is 12.5. The maximum absolute atomic E-state index is 12.5. The Balaban J connectivity index is 2.26. The van der Waals surface area contributed by atoms with Crippen molar-refractivity contribution in [3.05, 3.63) is 17.3 Å². The standard InChI is InChI=1S/C13H20ClN3O2S/c1-4-15-13-12(14)7-11(8-16-13)20(18,19)17(3)9(2)10-5-6-10/h7-10H,4-6H2,1-3H3,(H,15,16). The van der Waals surface area contributed by atoms with Crippen molar-refractivity contribution in [1.29, 1.82) is 0 Å². The predicted octanol–water partition coefficient (Wildman–Crippen LogP) is 2.59. The highest BCUT2D eigenvalue weighted by Crippen LogP contribution is 2.36. The molecule has 7 heteroatoms. The Morgan fingerprint density at radius 1 is 1.55 bits per heavy atom. The number of hydrogen-bond donors (Lipinski definition) is 1. The average molecular weight is 318 g/mol. The van der Waals surface area contributed by atoms with Crippen LogP contribution in [0.15, 0.2) is 17.2 Å². The highest BCUT2D eigenvalue weighted by molar-refractivity contribution is 7.89. The van der Waals surface area contributed by atoms with Crippen molar-refractivity contribution < 1.29 is 8.42 Å². The van der Waals surface area contributed by atoms with E-state index in [-0.39, 0.29) is 10.9 Å². The van der Waals surface area contributed by atoms with Crippen LogP contribution in [0.1, 0.15) is 26.7 Å². The number of aromatic nitrogens is 1. The molecule has 1 atom stereocenters. The van der Waals surface area contributed by atoms with Gasteiger partial charge in [-0.2, -0.15) is 4.31 Å².